The molecule has 0 aliphatic rings. The van der Waals surface area contributed by atoms with Crippen LogP contribution in [0.1, 0.15) is 31.7 Å². The molecule has 0 radical (unpaired) electrons. The zero-order valence-electron chi connectivity index (χ0n) is 12.6. The summed E-state index contributed by atoms with van der Waals surface area (Å²) in [6.07, 6.45) is 3.63. The minimum Gasteiger partial charge on any atom is -0.494 e. The minimum absolute atomic E-state index is 0.0246. The highest BCUT2D eigenvalue weighted by Gasteiger charge is 2.15. The molecular formula is C16H27NO3. The molecule has 114 valence electrons. The Labute approximate surface area is 121 Å². The van der Waals surface area contributed by atoms with Crippen molar-refractivity contribution < 1.29 is 14.6 Å². The first kappa shape index (κ1) is 17.0. The van der Waals surface area contributed by atoms with Crippen molar-refractivity contribution in [3.63, 3.8) is 0 Å². The molecule has 0 heterocycles. The van der Waals surface area contributed by atoms with Gasteiger partial charge in [-0.2, -0.15) is 0 Å². The third kappa shape index (κ3) is 6.89. The lowest BCUT2D eigenvalue weighted by Crippen LogP contribution is -2.39. The molecule has 3 N–H and O–H groups in total. The van der Waals surface area contributed by atoms with E-state index in [9.17, 15) is 0 Å². The molecule has 0 saturated heterocycles. The van der Waals surface area contributed by atoms with Gasteiger partial charge in [-0.3, -0.25) is 0 Å². The fourth-order valence-corrected chi connectivity index (χ4v) is 1.87. The first-order valence-electron chi connectivity index (χ1n) is 7.18. The number of nitrogens with two attached hydrogens (primary N) is 1. The molecule has 0 bridgehead atoms. The van der Waals surface area contributed by atoms with Gasteiger partial charge in [0, 0.05) is 12.6 Å². The average Bonchev–Trinajstić information content (AvgIpc) is 2.46. The number of methoxy groups -OCH3 is 1. The second-order valence-electron chi connectivity index (χ2n) is 5.50. The van der Waals surface area contributed by atoms with E-state index in [1.54, 1.807) is 7.11 Å². The van der Waals surface area contributed by atoms with E-state index in [0.717, 1.165) is 38.0 Å². The van der Waals surface area contributed by atoms with Crippen molar-refractivity contribution in [2.24, 2.45) is 5.73 Å². The van der Waals surface area contributed by atoms with Crippen LogP contribution in [0.2, 0.25) is 0 Å². The van der Waals surface area contributed by atoms with E-state index in [4.69, 9.17) is 20.3 Å². The van der Waals surface area contributed by atoms with Crippen molar-refractivity contribution in [2.75, 3.05) is 26.9 Å². The van der Waals surface area contributed by atoms with Crippen LogP contribution in [0, 0.1) is 0 Å². The molecule has 0 aromatic heterocycles. The van der Waals surface area contributed by atoms with E-state index >= 15 is 0 Å². The summed E-state index contributed by atoms with van der Waals surface area (Å²) < 4.78 is 10.7. The Morgan fingerprint density at radius 2 is 1.85 bits per heavy atom. The van der Waals surface area contributed by atoms with Crippen LogP contribution >= 0.6 is 0 Å². The van der Waals surface area contributed by atoms with Crippen LogP contribution < -0.4 is 10.5 Å². The molecule has 0 saturated carbocycles. The van der Waals surface area contributed by atoms with Crippen LogP contribution in [-0.2, 0) is 11.2 Å². The zero-order chi connectivity index (χ0) is 14.8. The molecule has 1 unspecified atom stereocenters. The molecule has 20 heavy (non-hydrogen) atoms. The SMILES string of the molecule is COCCc1ccc(OCCCCC(C)(N)CO)cc1. The molecular weight excluding hydrogens is 254 g/mol. The second-order valence-corrected chi connectivity index (χ2v) is 5.50. The van der Waals surface area contributed by atoms with E-state index in [0.29, 0.717) is 6.61 Å². The lowest BCUT2D eigenvalue weighted by Gasteiger charge is -2.21. The molecule has 1 rings (SSSR count). The maximum atomic E-state index is 9.05. The third-order valence-electron chi connectivity index (χ3n) is 3.29. The van der Waals surface area contributed by atoms with Crippen LogP contribution in [0.4, 0.5) is 0 Å². The predicted molar refractivity (Wildman–Crippen MR) is 81.0 cm³/mol. The summed E-state index contributed by atoms with van der Waals surface area (Å²) in [5.41, 5.74) is 6.65. The molecule has 0 amide bonds. The van der Waals surface area contributed by atoms with Crippen molar-refractivity contribution in [3.05, 3.63) is 29.8 Å². The van der Waals surface area contributed by atoms with Crippen LogP contribution in [-0.4, -0.2) is 37.6 Å². The van der Waals surface area contributed by atoms with Crippen molar-refractivity contribution in [2.45, 2.75) is 38.1 Å². The summed E-state index contributed by atoms with van der Waals surface area (Å²) in [6, 6.07) is 8.12. The highest BCUT2D eigenvalue weighted by Crippen LogP contribution is 2.14. The second kappa shape index (κ2) is 8.95. The maximum Gasteiger partial charge on any atom is 0.119 e. The fourth-order valence-electron chi connectivity index (χ4n) is 1.87. The Balaban J connectivity index is 2.19. The summed E-state index contributed by atoms with van der Waals surface area (Å²) >= 11 is 0. The van der Waals surface area contributed by atoms with Gasteiger partial charge < -0.3 is 20.3 Å². The molecule has 4 heteroatoms. The number of benzene rings is 1. The summed E-state index contributed by atoms with van der Waals surface area (Å²) in [5.74, 6) is 0.892. The maximum absolute atomic E-state index is 9.05. The molecule has 4 nitrogen and oxygen atoms in total. The molecule has 1 atom stereocenters. The monoisotopic (exact) mass is 281 g/mol. The summed E-state index contributed by atoms with van der Waals surface area (Å²) in [4.78, 5) is 0. The van der Waals surface area contributed by atoms with Crippen LogP contribution in [0.25, 0.3) is 0 Å². The van der Waals surface area contributed by atoms with Crippen LogP contribution in [0.3, 0.4) is 0 Å². The van der Waals surface area contributed by atoms with Crippen LogP contribution in [0.5, 0.6) is 5.75 Å². The Hall–Kier alpha value is -1.10. The Bertz CT molecular complexity index is 362. The third-order valence-corrected chi connectivity index (χ3v) is 3.29. The summed E-state index contributed by atoms with van der Waals surface area (Å²) in [5, 5.41) is 9.05. The summed E-state index contributed by atoms with van der Waals surface area (Å²) in [6.45, 7) is 3.31. The molecule has 1 aromatic rings. The average molecular weight is 281 g/mol. The van der Waals surface area contributed by atoms with Gasteiger partial charge in [0.1, 0.15) is 5.75 Å². The van der Waals surface area contributed by atoms with E-state index in [1.165, 1.54) is 5.56 Å². The molecule has 1 aromatic carbocycles. The topological polar surface area (TPSA) is 64.7 Å². The van der Waals surface area contributed by atoms with E-state index in [2.05, 4.69) is 12.1 Å². The first-order chi connectivity index (χ1) is 9.57. The molecule has 0 aliphatic heterocycles. The van der Waals surface area contributed by atoms with Gasteiger partial charge in [-0.1, -0.05) is 12.1 Å². The minimum atomic E-state index is -0.469. The number of aliphatic hydroxyl groups excluding tert-OH is 1. The van der Waals surface area contributed by atoms with Crippen molar-refractivity contribution in [1.29, 1.82) is 0 Å². The quantitative estimate of drug-likeness (QED) is 0.645. The van der Waals surface area contributed by atoms with Gasteiger partial charge >= 0.3 is 0 Å². The normalized spacial score (nSPS) is 14.0. The Morgan fingerprint density at radius 3 is 2.45 bits per heavy atom. The molecule has 0 aliphatic carbocycles. The number of rotatable bonds is 10. The van der Waals surface area contributed by atoms with Gasteiger partial charge in [0.15, 0.2) is 0 Å². The van der Waals surface area contributed by atoms with Gasteiger partial charge in [-0.05, 0) is 50.3 Å². The number of aliphatic hydroxyl groups is 1. The van der Waals surface area contributed by atoms with Gasteiger partial charge in [0.2, 0.25) is 0 Å². The van der Waals surface area contributed by atoms with Crippen molar-refractivity contribution >= 4 is 0 Å². The highest BCUT2D eigenvalue weighted by molar-refractivity contribution is 5.27. The summed E-state index contributed by atoms with van der Waals surface area (Å²) in [7, 11) is 1.71. The number of hydrogen-bond acceptors (Lipinski definition) is 4. The first-order valence-corrected chi connectivity index (χ1v) is 7.18. The van der Waals surface area contributed by atoms with Crippen molar-refractivity contribution in [1.82, 2.24) is 0 Å². The Kier molecular flexibility index (Phi) is 7.59. The smallest absolute Gasteiger partial charge is 0.119 e. The lowest BCUT2D eigenvalue weighted by molar-refractivity contribution is 0.194. The van der Waals surface area contributed by atoms with Gasteiger partial charge in [-0.25, -0.2) is 0 Å². The largest absolute Gasteiger partial charge is 0.494 e. The van der Waals surface area contributed by atoms with Gasteiger partial charge in [0.05, 0.1) is 19.8 Å². The predicted octanol–water partition coefficient (Wildman–Crippen LogP) is 2.13. The van der Waals surface area contributed by atoms with E-state index < -0.39 is 5.54 Å². The zero-order valence-corrected chi connectivity index (χ0v) is 12.6. The van der Waals surface area contributed by atoms with E-state index in [1.807, 2.05) is 19.1 Å². The van der Waals surface area contributed by atoms with Crippen molar-refractivity contribution in [3.8, 4) is 5.75 Å². The Morgan fingerprint density at radius 1 is 1.15 bits per heavy atom. The highest BCUT2D eigenvalue weighted by atomic mass is 16.5. The molecule has 0 spiro atoms. The molecule has 0 fully saturated rings. The van der Waals surface area contributed by atoms with Crippen LogP contribution in [0.15, 0.2) is 24.3 Å². The van der Waals surface area contributed by atoms with Gasteiger partial charge in [-0.15, -0.1) is 0 Å². The fraction of sp³-hybridized carbons (Fsp3) is 0.625. The van der Waals surface area contributed by atoms with E-state index in [-0.39, 0.29) is 6.61 Å². The lowest BCUT2D eigenvalue weighted by atomic mass is 9.97. The number of unbranched alkanes of at least 4 members (excludes halogenated alkanes) is 1. The standard InChI is InChI=1S/C16H27NO3/c1-16(17,13-18)10-3-4-11-20-15-7-5-14(6-8-15)9-12-19-2/h5-8,18H,3-4,9-13,17H2,1-2H3. The number of hydrogen-bond donors (Lipinski definition) is 2. The number of ether oxygens (including phenoxy) is 2. The van der Waals surface area contributed by atoms with Gasteiger partial charge in [0.25, 0.3) is 0 Å².